The molecule has 1 amide bonds. The van der Waals surface area contributed by atoms with Gasteiger partial charge in [-0.15, -0.1) is 0 Å². The topological polar surface area (TPSA) is 46.3 Å². The quantitative estimate of drug-likeness (QED) is 0.690. The fraction of sp³-hybridized carbons (Fsp3) is 0.923. The van der Waals surface area contributed by atoms with Gasteiger partial charge in [-0.2, -0.15) is 0 Å². The van der Waals surface area contributed by atoms with Crippen molar-refractivity contribution in [3.8, 4) is 0 Å². The second-order valence-electron chi connectivity index (χ2n) is 7.16. The number of carbonyl (C=O) groups is 1. The molecule has 2 fully saturated rings. The summed E-state index contributed by atoms with van der Waals surface area (Å²) in [6.45, 7) is 10.0. The maximum Gasteiger partial charge on any atom is 0.241 e. The second-order valence-corrected chi connectivity index (χ2v) is 7.16. The van der Waals surface area contributed by atoms with Gasteiger partial charge in [0.2, 0.25) is 5.91 Å². The Kier molecular flexibility index (Phi) is 2.57. The molecule has 1 unspecified atom stereocenters. The smallest absolute Gasteiger partial charge is 0.241 e. The van der Waals surface area contributed by atoms with Crippen molar-refractivity contribution in [3.63, 3.8) is 0 Å². The molecule has 3 nitrogen and oxygen atoms in total. The number of hydrogen-bond donors (Lipinski definition) is 1. The third-order valence-corrected chi connectivity index (χ3v) is 3.97. The molecular formula is C13H24N2O. The highest BCUT2D eigenvalue weighted by Crippen LogP contribution is 2.47. The molecule has 0 aromatic rings. The zero-order valence-electron chi connectivity index (χ0n) is 10.9. The van der Waals surface area contributed by atoms with Crippen LogP contribution >= 0.6 is 0 Å². The minimum atomic E-state index is -0.229. The van der Waals surface area contributed by atoms with E-state index in [4.69, 9.17) is 5.73 Å². The van der Waals surface area contributed by atoms with Gasteiger partial charge >= 0.3 is 0 Å². The molecule has 0 aromatic heterocycles. The van der Waals surface area contributed by atoms with Gasteiger partial charge in [-0.3, -0.25) is 4.79 Å². The fourth-order valence-electron chi connectivity index (χ4n) is 3.82. The monoisotopic (exact) mass is 224 g/mol. The highest BCUT2D eigenvalue weighted by molar-refractivity contribution is 5.88. The number of amides is 1. The molecule has 2 aliphatic rings. The summed E-state index contributed by atoms with van der Waals surface area (Å²) in [5.41, 5.74) is 6.34. The number of carbonyl (C=O) groups excluding carboxylic acids is 1. The molecule has 16 heavy (non-hydrogen) atoms. The molecule has 1 heterocycles. The third-order valence-electron chi connectivity index (χ3n) is 3.97. The van der Waals surface area contributed by atoms with Crippen LogP contribution in [0.4, 0.5) is 0 Å². The van der Waals surface area contributed by atoms with Gasteiger partial charge < -0.3 is 10.6 Å². The number of rotatable bonds is 1. The molecule has 1 saturated carbocycles. The summed E-state index contributed by atoms with van der Waals surface area (Å²) < 4.78 is 0. The second kappa shape index (κ2) is 3.46. The molecule has 0 aromatic carbocycles. The van der Waals surface area contributed by atoms with Crippen LogP contribution in [-0.2, 0) is 4.79 Å². The predicted octanol–water partition coefficient (Wildman–Crippen LogP) is 1.76. The van der Waals surface area contributed by atoms with Crippen LogP contribution in [0.15, 0.2) is 0 Å². The van der Waals surface area contributed by atoms with E-state index in [1.54, 1.807) is 0 Å². The van der Waals surface area contributed by atoms with Crippen LogP contribution in [-0.4, -0.2) is 29.4 Å². The average Bonchev–Trinajstić information content (AvgIpc) is 2.08. The Morgan fingerprint density at radius 1 is 1.19 bits per heavy atom. The third kappa shape index (κ3) is 2.10. The lowest BCUT2D eigenvalue weighted by Gasteiger charge is -2.52. The van der Waals surface area contributed by atoms with E-state index in [1.807, 2.05) is 4.90 Å². The predicted molar refractivity (Wildman–Crippen MR) is 64.9 cm³/mol. The van der Waals surface area contributed by atoms with Crippen molar-refractivity contribution in [3.05, 3.63) is 0 Å². The summed E-state index contributed by atoms with van der Waals surface area (Å²) in [6.07, 6.45) is 3.48. The first kappa shape index (κ1) is 11.9. The van der Waals surface area contributed by atoms with Gasteiger partial charge in [0.05, 0.1) is 0 Å². The number of nitrogens with two attached hydrogens (primary N) is 1. The van der Waals surface area contributed by atoms with E-state index in [-0.39, 0.29) is 11.9 Å². The highest BCUT2D eigenvalue weighted by Gasteiger charge is 2.46. The van der Waals surface area contributed by atoms with Gasteiger partial charge in [-0.25, -0.2) is 0 Å². The maximum absolute atomic E-state index is 11.7. The molecule has 2 N–H and O–H groups in total. The Morgan fingerprint density at radius 2 is 1.69 bits per heavy atom. The number of β-lactam (4-membered cyclic amide) rings is 1. The zero-order chi connectivity index (χ0) is 12.1. The molecule has 3 heteroatoms. The molecule has 0 bridgehead atoms. The van der Waals surface area contributed by atoms with E-state index in [0.29, 0.717) is 16.9 Å². The SMILES string of the molecule is CC1(C)CC(N2CC(N)C2=O)CC(C)(C)C1. The first-order valence-electron chi connectivity index (χ1n) is 6.26. The van der Waals surface area contributed by atoms with Gasteiger partial charge in [0.25, 0.3) is 0 Å². The summed E-state index contributed by atoms with van der Waals surface area (Å²) in [6, 6.07) is 0.180. The van der Waals surface area contributed by atoms with Crippen LogP contribution in [0.3, 0.4) is 0 Å². The summed E-state index contributed by atoms with van der Waals surface area (Å²) in [4.78, 5) is 13.7. The number of nitrogens with zero attached hydrogens (tertiary/aromatic N) is 1. The van der Waals surface area contributed by atoms with Crippen molar-refractivity contribution in [1.29, 1.82) is 0 Å². The summed E-state index contributed by atoms with van der Waals surface area (Å²) in [7, 11) is 0. The van der Waals surface area contributed by atoms with Crippen LogP contribution in [0.25, 0.3) is 0 Å². The van der Waals surface area contributed by atoms with Crippen LogP contribution in [0.1, 0.15) is 47.0 Å². The number of likely N-dealkylation sites (tertiary alicyclic amines) is 1. The molecule has 0 spiro atoms. The van der Waals surface area contributed by atoms with E-state index < -0.39 is 0 Å². The summed E-state index contributed by atoms with van der Waals surface area (Å²) in [5, 5.41) is 0. The van der Waals surface area contributed by atoms with Gasteiger partial charge in [0, 0.05) is 12.6 Å². The van der Waals surface area contributed by atoms with Crippen molar-refractivity contribution < 1.29 is 4.79 Å². The van der Waals surface area contributed by atoms with Gasteiger partial charge in [0.15, 0.2) is 0 Å². The Balaban J connectivity index is 2.08. The Hall–Kier alpha value is -0.570. The Bertz CT molecular complexity index is 293. The Morgan fingerprint density at radius 3 is 2.06 bits per heavy atom. The highest BCUT2D eigenvalue weighted by atomic mass is 16.2. The zero-order valence-corrected chi connectivity index (χ0v) is 10.9. The summed E-state index contributed by atoms with van der Waals surface area (Å²) >= 11 is 0. The standard InChI is InChI=1S/C13H24N2O/c1-12(2)5-9(6-13(3,4)8-12)15-7-10(14)11(15)16/h9-10H,5-8,14H2,1-4H3. The van der Waals surface area contributed by atoms with E-state index in [9.17, 15) is 4.79 Å². The normalized spacial score (nSPS) is 33.7. The molecule has 1 aliphatic heterocycles. The molecule has 1 aliphatic carbocycles. The number of hydrogen-bond acceptors (Lipinski definition) is 2. The Labute approximate surface area is 98.4 Å². The van der Waals surface area contributed by atoms with Crippen molar-refractivity contribution >= 4 is 5.91 Å². The van der Waals surface area contributed by atoms with Crippen LogP contribution < -0.4 is 5.73 Å². The first-order valence-corrected chi connectivity index (χ1v) is 6.26. The molecule has 92 valence electrons. The van der Waals surface area contributed by atoms with Crippen molar-refractivity contribution in [2.75, 3.05) is 6.54 Å². The summed E-state index contributed by atoms with van der Waals surface area (Å²) in [5.74, 6) is 0.151. The average molecular weight is 224 g/mol. The maximum atomic E-state index is 11.7. The largest absolute Gasteiger partial charge is 0.336 e. The van der Waals surface area contributed by atoms with Crippen LogP contribution in [0.2, 0.25) is 0 Å². The van der Waals surface area contributed by atoms with Gasteiger partial charge in [0.1, 0.15) is 6.04 Å². The van der Waals surface area contributed by atoms with E-state index in [0.717, 1.165) is 19.4 Å². The lowest BCUT2D eigenvalue weighted by molar-refractivity contribution is -0.149. The minimum Gasteiger partial charge on any atom is -0.336 e. The van der Waals surface area contributed by atoms with Gasteiger partial charge in [-0.1, -0.05) is 27.7 Å². The van der Waals surface area contributed by atoms with Gasteiger partial charge in [-0.05, 0) is 30.1 Å². The van der Waals surface area contributed by atoms with Crippen molar-refractivity contribution in [1.82, 2.24) is 4.90 Å². The lowest BCUT2D eigenvalue weighted by atomic mass is 9.63. The van der Waals surface area contributed by atoms with E-state index in [2.05, 4.69) is 27.7 Å². The van der Waals surface area contributed by atoms with Crippen LogP contribution in [0.5, 0.6) is 0 Å². The van der Waals surface area contributed by atoms with Crippen LogP contribution in [0, 0.1) is 10.8 Å². The van der Waals surface area contributed by atoms with E-state index in [1.165, 1.54) is 6.42 Å². The molecule has 0 radical (unpaired) electrons. The molecule has 1 saturated heterocycles. The molecular weight excluding hydrogens is 200 g/mol. The lowest BCUT2D eigenvalue weighted by Crippen LogP contribution is -2.65. The molecule has 1 atom stereocenters. The van der Waals surface area contributed by atoms with Crippen molar-refractivity contribution in [2.45, 2.75) is 59.0 Å². The van der Waals surface area contributed by atoms with Crippen molar-refractivity contribution in [2.24, 2.45) is 16.6 Å². The minimum absolute atomic E-state index is 0.151. The first-order chi connectivity index (χ1) is 7.20. The fourth-order valence-corrected chi connectivity index (χ4v) is 3.82. The molecule has 2 rings (SSSR count). The van der Waals surface area contributed by atoms with E-state index >= 15 is 0 Å².